The van der Waals surface area contributed by atoms with Crippen LogP contribution >= 0.6 is 0 Å². The van der Waals surface area contributed by atoms with Crippen molar-refractivity contribution in [2.75, 3.05) is 26.2 Å². The minimum absolute atomic E-state index is 0. The summed E-state index contributed by atoms with van der Waals surface area (Å²) in [7, 11) is -2.37. The predicted molar refractivity (Wildman–Crippen MR) is 76.9 cm³/mol. The van der Waals surface area contributed by atoms with Gasteiger partial charge in [-0.25, -0.2) is 8.61 Å². The SMILES string of the molecule is CCN(CC)S(=O)[S-].CCN(CC)S(=O)[S-].[Zn+2]. The first-order chi connectivity index (χ1) is 7.44. The molecule has 0 aliphatic rings. The third-order valence-electron chi connectivity index (χ3n) is 1.83. The molecule has 0 rings (SSSR count). The summed E-state index contributed by atoms with van der Waals surface area (Å²) in [5, 5.41) is 0. The molecular weight excluding hydrogens is 350 g/mol. The van der Waals surface area contributed by atoms with Crippen LogP contribution in [0.5, 0.6) is 0 Å². The van der Waals surface area contributed by atoms with Gasteiger partial charge in [0.15, 0.2) is 0 Å². The largest absolute Gasteiger partial charge is 2.00 e. The Morgan fingerprint density at radius 3 is 0.941 bits per heavy atom. The van der Waals surface area contributed by atoms with Crippen molar-refractivity contribution >= 4 is 43.4 Å². The fraction of sp³-hybridized carbons (Fsp3) is 1.00. The van der Waals surface area contributed by atoms with Crippen LogP contribution in [0.25, 0.3) is 0 Å². The number of rotatable bonds is 6. The Hall–Kier alpha value is 1.54. The van der Waals surface area contributed by atoms with Crippen molar-refractivity contribution in [1.82, 2.24) is 8.61 Å². The van der Waals surface area contributed by atoms with Crippen molar-refractivity contribution < 1.29 is 27.9 Å². The summed E-state index contributed by atoms with van der Waals surface area (Å²) in [6.07, 6.45) is 0. The van der Waals surface area contributed by atoms with Gasteiger partial charge in [0.05, 0.1) is 0 Å². The molecule has 0 fully saturated rings. The van der Waals surface area contributed by atoms with E-state index in [1.807, 2.05) is 27.7 Å². The van der Waals surface area contributed by atoms with Crippen LogP contribution in [-0.4, -0.2) is 43.2 Å². The van der Waals surface area contributed by atoms with Crippen LogP contribution < -0.4 is 0 Å². The van der Waals surface area contributed by atoms with Gasteiger partial charge in [0.1, 0.15) is 0 Å². The van der Waals surface area contributed by atoms with Gasteiger partial charge in [-0.3, -0.25) is 8.42 Å². The summed E-state index contributed by atoms with van der Waals surface area (Å²) in [4.78, 5) is 0. The first-order valence-corrected chi connectivity index (χ1v) is 9.19. The smallest absolute Gasteiger partial charge is 0.666 e. The minimum Gasteiger partial charge on any atom is -0.666 e. The Morgan fingerprint density at radius 2 is 0.941 bits per heavy atom. The molecule has 9 heteroatoms. The van der Waals surface area contributed by atoms with Gasteiger partial charge in [-0.05, 0) is 20.0 Å². The predicted octanol–water partition coefficient (Wildman–Crippen LogP) is 0.905. The van der Waals surface area contributed by atoms with Gasteiger partial charge in [-0.2, -0.15) is 0 Å². The number of hydrogen-bond acceptors (Lipinski definition) is 4. The molecule has 0 radical (unpaired) electrons. The second kappa shape index (κ2) is 15.6. The molecule has 0 bridgehead atoms. The van der Waals surface area contributed by atoms with Crippen LogP contribution in [0.2, 0.25) is 0 Å². The molecule has 0 amide bonds. The van der Waals surface area contributed by atoms with Gasteiger partial charge in [0.25, 0.3) is 0 Å². The van der Waals surface area contributed by atoms with Crippen LogP contribution in [0.15, 0.2) is 0 Å². The van der Waals surface area contributed by atoms with Crippen LogP contribution in [0.4, 0.5) is 0 Å². The average molecular weight is 370 g/mol. The van der Waals surface area contributed by atoms with Gasteiger partial charge >= 0.3 is 19.5 Å². The molecule has 4 nitrogen and oxygen atoms in total. The molecule has 0 aliphatic carbocycles. The molecule has 0 saturated carbocycles. The molecule has 0 aromatic rings. The van der Waals surface area contributed by atoms with E-state index >= 15 is 0 Å². The summed E-state index contributed by atoms with van der Waals surface area (Å²) < 4.78 is 24.3. The zero-order chi connectivity index (χ0) is 13.1. The third-order valence-corrected chi connectivity index (χ3v) is 4.97. The zero-order valence-electron chi connectivity index (χ0n) is 10.9. The fourth-order valence-electron chi connectivity index (χ4n) is 0.869. The van der Waals surface area contributed by atoms with Crippen molar-refractivity contribution in [2.45, 2.75) is 27.7 Å². The van der Waals surface area contributed by atoms with E-state index in [4.69, 9.17) is 0 Å². The van der Waals surface area contributed by atoms with Crippen molar-refractivity contribution in [3.8, 4) is 0 Å². The first kappa shape index (κ1) is 23.6. The summed E-state index contributed by atoms with van der Waals surface area (Å²) in [6, 6.07) is 0. The van der Waals surface area contributed by atoms with E-state index in [-0.39, 0.29) is 19.5 Å². The minimum atomic E-state index is -1.19. The molecule has 2 atom stereocenters. The molecule has 100 valence electrons. The third kappa shape index (κ3) is 13.8. The molecule has 0 N–H and O–H groups in total. The van der Waals surface area contributed by atoms with Gasteiger partial charge in [-0.15, -0.1) is 0 Å². The topological polar surface area (TPSA) is 40.6 Å². The summed E-state index contributed by atoms with van der Waals surface area (Å²) in [5.41, 5.74) is 0. The Kier molecular flexibility index (Phi) is 21.7. The molecule has 0 spiro atoms. The van der Waals surface area contributed by atoms with Crippen LogP contribution in [-0.2, 0) is 62.8 Å². The molecule has 0 saturated heterocycles. The Morgan fingerprint density at radius 1 is 0.765 bits per heavy atom. The molecule has 0 heterocycles. The maximum atomic E-state index is 10.5. The molecule has 17 heavy (non-hydrogen) atoms. The van der Waals surface area contributed by atoms with E-state index in [2.05, 4.69) is 23.3 Å². The standard InChI is InChI=1S/2C4H11NOS2.Zn/c2*1-3-5(4-2)8(6)7;/h2*3-4H2,1-2H3,(H,6,7);/q;;+2/p-2. The Bertz CT molecular complexity index is 192. The van der Waals surface area contributed by atoms with Crippen molar-refractivity contribution in [1.29, 1.82) is 0 Å². The van der Waals surface area contributed by atoms with Gasteiger partial charge in [0.2, 0.25) is 0 Å². The van der Waals surface area contributed by atoms with Gasteiger partial charge in [0, 0.05) is 26.2 Å². The Labute approximate surface area is 133 Å². The monoisotopic (exact) mass is 368 g/mol. The summed E-state index contributed by atoms with van der Waals surface area (Å²) in [5.74, 6) is 0. The summed E-state index contributed by atoms with van der Waals surface area (Å²) in [6.45, 7) is 10.8. The van der Waals surface area contributed by atoms with Crippen molar-refractivity contribution in [3.05, 3.63) is 0 Å². The molecular formula is C8H20N2O2S4Zn. The summed E-state index contributed by atoms with van der Waals surface area (Å²) >= 11 is 8.99. The first-order valence-electron chi connectivity index (χ1n) is 5.13. The second-order valence-corrected chi connectivity index (χ2v) is 6.27. The Balaban J connectivity index is -0.000000218. The maximum Gasteiger partial charge on any atom is 2.00 e. The molecule has 0 aromatic carbocycles. The molecule has 0 aromatic heterocycles. The zero-order valence-corrected chi connectivity index (χ0v) is 17.1. The van der Waals surface area contributed by atoms with E-state index in [9.17, 15) is 8.42 Å². The van der Waals surface area contributed by atoms with Crippen LogP contribution in [0, 0.1) is 0 Å². The van der Waals surface area contributed by atoms with Crippen LogP contribution in [0.1, 0.15) is 27.7 Å². The van der Waals surface area contributed by atoms with E-state index in [1.54, 1.807) is 8.61 Å². The van der Waals surface area contributed by atoms with Crippen molar-refractivity contribution in [2.24, 2.45) is 0 Å². The average Bonchev–Trinajstić information content (AvgIpc) is 2.21. The van der Waals surface area contributed by atoms with Crippen molar-refractivity contribution in [3.63, 3.8) is 0 Å². The van der Waals surface area contributed by atoms with Crippen LogP contribution in [0.3, 0.4) is 0 Å². The quantitative estimate of drug-likeness (QED) is 0.396. The van der Waals surface area contributed by atoms with Gasteiger partial charge in [-0.1, -0.05) is 27.7 Å². The molecule has 0 aliphatic heterocycles. The molecule has 2 unspecified atom stereocenters. The van der Waals surface area contributed by atoms with E-state index in [0.717, 1.165) is 26.2 Å². The fourth-order valence-corrected chi connectivity index (χ4v) is 2.98. The van der Waals surface area contributed by atoms with E-state index in [1.165, 1.54) is 0 Å². The number of hydrogen-bond donors (Lipinski definition) is 0. The maximum absolute atomic E-state index is 10.5. The van der Waals surface area contributed by atoms with E-state index < -0.39 is 20.0 Å². The van der Waals surface area contributed by atoms with Gasteiger partial charge < -0.3 is 23.3 Å². The van der Waals surface area contributed by atoms with E-state index in [0.29, 0.717) is 0 Å². The second-order valence-electron chi connectivity index (χ2n) is 2.66. The normalized spacial score (nSPS) is 13.6. The number of nitrogens with zero attached hydrogens (tertiary/aromatic N) is 2.